The molecule has 0 fully saturated rings. The Labute approximate surface area is 154 Å². The minimum atomic E-state index is -4.55. The number of amides is 1. The third-order valence-electron chi connectivity index (χ3n) is 4.17. The monoisotopic (exact) mass is 401 g/mol. The van der Waals surface area contributed by atoms with Gasteiger partial charge in [0.15, 0.2) is 0 Å². The number of halogens is 6. The molecule has 0 bridgehead atoms. The lowest BCUT2D eigenvalue weighted by molar-refractivity contribution is -0.142. The number of hydrogen-bond donors (Lipinski definition) is 1. The number of fused-ring (bicyclic) bond motifs is 1. The third kappa shape index (κ3) is 3.95. The number of nitrogens with zero attached hydrogens (tertiary/aromatic N) is 2. The van der Waals surface area contributed by atoms with E-state index in [1.807, 2.05) is 0 Å². The van der Waals surface area contributed by atoms with Crippen molar-refractivity contribution in [1.82, 2.24) is 14.9 Å². The molecule has 0 aliphatic heterocycles. The second-order valence-corrected chi connectivity index (χ2v) is 6.09. The average Bonchev–Trinajstić information content (AvgIpc) is 2.95. The van der Waals surface area contributed by atoms with Crippen molar-refractivity contribution in [3.8, 4) is 0 Å². The van der Waals surface area contributed by atoms with Crippen molar-refractivity contribution >= 4 is 16.8 Å². The maximum atomic E-state index is 13.0. The van der Waals surface area contributed by atoms with E-state index < -0.39 is 29.5 Å². The maximum Gasteiger partial charge on any atom is 0.431 e. The quantitative estimate of drug-likeness (QED) is 0.655. The summed E-state index contributed by atoms with van der Waals surface area (Å²) in [7, 11) is 1.31. The van der Waals surface area contributed by atoms with Crippen molar-refractivity contribution in [1.29, 1.82) is 0 Å². The van der Waals surface area contributed by atoms with E-state index in [1.54, 1.807) is 6.07 Å². The molecule has 0 unspecified atom stereocenters. The van der Waals surface area contributed by atoms with Crippen LogP contribution in [-0.2, 0) is 25.9 Å². The molecular formula is C18H13F6N3O. The van der Waals surface area contributed by atoms with Crippen LogP contribution in [0.5, 0.6) is 0 Å². The lowest BCUT2D eigenvalue weighted by Gasteiger charge is -2.08. The lowest BCUT2D eigenvalue weighted by Crippen LogP contribution is -2.24. The molecule has 0 radical (unpaired) electrons. The number of benzene rings is 1. The van der Waals surface area contributed by atoms with Gasteiger partial charge in [-0.15, -0.1) is 0 Å². The Morgan fingerprint density at radius 1 is 1.04 bits per heavy atom. The minimum Gasteiger partial charge on any atom is -0.347 e. The van der Waals surface area contributed by atoms with Crippen LogP contribution >= 0.6 is 0 Å². The summed E-state index contributed by atoms with van der Waals surface area (Å²) < 4.78 is 77.5. The van der Waals surface area contributed by atoms with Crippen molar-refractivity contribution in [3.05, 3.63) is 65.1 Å². The van der Waals surface area contributed by atoms with Crippen LogP contribution in [0.4, 0.5) is 26.3 Å². The number of carbonyl (C=O) groups is 1. The van der Waals surface area contributed by atoms with Crippen LogP contribution in [0.15, 0.2) is 42.6 Å². The Hall–Kier alpha value is -3.04. The highest BCUT2D eigenvalue weighted by Gasteiger charge is 2.34. The highest BCUT2D eigenvalue weighted by Crippen LogP contribution is 2.33. The Morgan fingerprint density at radius 2 is 1.75 bits per heavy atom. The highest BCUT2D eigenvalue weighted by atomic mass is 19.4. The molecular weight excluding hydrogens is 388 g/mol. The summed E-state index contributed by atoms with van der Waals surface area (Å²) in [5.41, 5.74) is -1.05. The van der Waals surface area contributed by atoms with Crippen LogP contribution in [0.25, 0.3) is 10.9 Å². The second kappa shape index (κ2) is 6.84. The predicted molar refractivity (Wildman–Crippen MR) is 88.3 cm³/mol. The number of carbonyl (C=O) groups excluding carboxylic acids is 1. The lowest BCUT2D eigenvalue weighted by atomic mass is 10.1. The molecule has 0 aliphatic carbocycles. The molecule has 3 rings (SSSR count). The first-order valence-corrected chi connectivity index (χ1v) is 7.94. The summed E-state index contributed by atoms with van der Waals surface area (Å²) in [5.74, 6) is -0.696. The van der Waals surface area contributed by atoms with Crippen LogP contribution in [0.1, 0.15) is 27.3 Å². The van der Waals surface area contributed by atoms with Gasteiger partial charge in [-0.25, -0.2) is 0 Å². The van der Waals surface area contributed by atoms with E-state index in [9.17, 15) is 31.1 Å². The van der Waals surface area contributed by atoms with Crippen molar-refractivity contribution < 1.29 is 31.1 Å². The van der Waals surface area contributed by atoms with Crippen LogP contribution in [0.3, 0.4) is 0 Å². The summed E-state index contributed by atoms with van der Waals surface area (Å²) in [6, 6.07) is 7.28. The zero-order chi connectivity index (χ0) is 20.7. The summed E-state index contributed by atoms with van der Waals surface area (Å²) in [6.45, 7) is -0.0201. The molecule has 0 aliphatic rings. The molecule has 148 valence electrons. The average molecular weight is 401 g/mol. The Kier molecular flexibility index (Phi) is 4.82. The zero-order valence-corrected chi connectivity index (χ0v) is 14.3. The number of pyridine rings is 1. The summed E-state index contributed by atoms with van der Waals surface area (Å²) in [5, 5.41) is 2.83. The molecule has 1 N–H and O–H groups in total. The fourth-order valence-corrected chi connectivity index (χ4v) is 2.75. The number of aromatic nitrogens is 2. The van der Waals surface area contributed by atoms with Gasteiger partial charge >= 0.3 is 12.4 Å². The topological polar surface area (TPSA) is 46.9 Å². The van der Waals surface area contributed by atoms with Gasteiger partial charge in [0, 0.05) is 30.7 Å². The van der Waals surface area contributed by atoms with Gasteiger partial charge in [-0.05, 0) is 35.9 Å². The summed E-state index contributed by atoms with van der Waals surface area (Å²) in [6.07, 6.45) is -8.48. The van der Waals surface area contributed by atoms with E-state index in [-0.39, 0.29) is 12.2 Å². The van der Waals surface area contributed by atoms with Gasteiger partial charge in [0.1, 0.15) is 11.4 Å². The van der Waals surface area contributed by atoms with Crippen molar-refractivity contribution in [3.63, 3.8) is 0 Å². The fourth-order valence-electron chi connectivity index (χ4n) is 2.75. The van der Waals surface area contributed by atoms with Crippen LogP contribution in [0, 0.1) is 0 Å². The highest BCUT2D eigenvalue weighted by molar-refractivity contribution is 5.92. The van der Waals surface area contributed by atoms with Gasteiger partial charge in [-0.2, -0.15) is 26.3 Å². The number of aryl methyl sites for hydroxylation is 1. The first kappa shape index (κ1) is 19.7. The van der Waals surface area contributed by atoms with Gasteiger partial charge in [0.25, 0.3) is 5.91 Å². The van der Waals surface area contributed by atoms with E-state index >= 15 is 0 Å². The Balaban J connectivity index is 1.73. The molecule has 0 spiro atoms. The number of hydrogen-bond acceptors (Lipinski definition) is 2. The minimum absolute atomic E-state index is 0.0201. The van der Waals surface area contributed by atoms with Crippen molar-refractivity contribution in [2.24, 2.45) is 7.05 Å². The number of nitrogens with one attached hydrogen (secondary N) is 1. The molecule has 2 aromatic heterocycles. The Morgan fingerprint density at radius 3 is 2.32 bits per heavy atom. The van der Waals surface area contributed by atoms with Crippen molar-refractivity contribution in [2.45, 2.75) is 18.9 Å². The summed E-state index contributed by atoms with van der Waals surface area (Å²) >= 11 is 0. The number of rotatable bonds is 3. The molecule has 1 amide bonds. The predicted octanol–water partition coefficient (Wildman–Crippen LogP) is 4.54. The largest absolute Gasteiger partial charge is 0.431 e. The van der Waals surface area contributed by atoms with Crippen LogP contribution < -0.4 is 5.32 Å². The van der Waals surface area contributed by atoms with Gasteiger partial charge in [-0.3, -0.25) is 9.78 Å². The first-order valence-electron chi connectivity index (χ1n) is 7.94. The molecule has 28 heavy (non-hydrogen) atoms. The van der Waals surface area contributed by atoms with Gasteiger partial charge in [0.05, 0.1) is 5.56 Å². The summed E-state index contributed by atoms with van der Waals surface area (Å²) in [4.78, 5) is 15.5. The molecule has 2 heterocycles. The maximum absolute atomic E-state index is 13.0. The molecule has 1 aromatic carbocycles. The van der Waals surface area contributed by atoms with E-state index in [0.717, 1.165) is 22.8 Å². The molecule has 0 saturated heterocycles. The molecule has 0 saturated carbocycles. The fraction of sp³-hybridized carbons (Fsp3) is 0.222. The molecule has 4 nitrogen and oxygen atoms in total. The van der Waals surface area contributed by atoms with Gasteiger partial charge < -0.3 is 9.88 Å². The second-order valence-electron chi connectivity index (χ2n) is 6.09. The standard InChI is InChI=1S/C18H13F6N3O/c1-27-14-5-2-10(6-11(14)7-15(27)18(22,23)24)8-26-16(28)13-4-3-12(9-25-13)17(19,20)21/h2-7,9H,8H2,1H3,(H,26,28). The van der Waals surface area contributed by atoms with Crippen LogP contribution in [0.2, 0.25) is 0 Å². The third-order valence-corrected chi connectivity index (χ3v) is 4.17. The van der Waals surface area contributed by atoms with Gasteiger partial charge in [0.2, 0.25) is 0 Å². The first-order chi connectivity index (χ1) is 13.0. The van der Waals surface area contributed by atoms with Gasteiger partial charge in [-0.1, -0.05) is 6.07 Å². The van der Waals surface area contributed by atoms with E-state index in [4.69, 9.17) is 0 Å². The Bertz CT molecular complexity index is 1020. The molecule has 3 aromatic rings. The molecule has 0 atom stereocenters. The smallest absolute Gasteiger partial charge is 0.347 e. The number of alkyl halides is 6. The van der Waals surface area contributed by atoms with Crippen LogP contribution in [-0.4, -0.2) is 15.5 Å². The zero-order valence-electron chi connectivity index (χ0n) is 14.3. The van der Waals surface area contributed by atoms with E-state index in [0.29, 0.717) is 22.7 Å². The SMILES string of the molecule is Cn1c(C(F)(F)F)cc2cc(CNC(=O)c3ccc(C(F)(F)F)cn3)ccc21. The van der Waals surface area contributed by atoms with E-state index in [1.165, 1.54) is 19.2 Å². The van der Waals surface area contributed by atoms with E-state index in [2.05, 4.69) is 10.3 Å². The van der Waals surface area contributed by atoms with Crippen molar-refractivity contribution in [2.75, 3.05) is 0 Å². The normalized spacial score (nSPS) is 12.4. The molecule has 10 heteroatoms.